The summed E-state index contributed by atoms with van der Waals surface area (Å²) in [5.74, 6) is -0.318. The molecule has 98 valence electrons. The Bertz CT molecular complexity index is 584. The fourth-order valence-corrected chi connectivity index (χ4v) is 2.05. The van der Waals surface area contributed by atoms with Crippen LogP contribution in [0.1, 0.15) is 11.1 Å². The SMILES string of the molecule is CN(Cc1cc(F)cc(C(N)=S)c1)c1ccccc1. The van der Waals surface area contributed by atoms with Gasteiger partial charge in [-0.1, -0.05) is 30.4 Å². The summed E-state index contributed by atoms with van der Waals surface area (Å²) in [5, 5.41) is 0. The van der Waals surface area contributed by atoms with Crippen LogP contribution in [0.25, 0.3) is 0 Å². The standard InChI is InChI=1S/C15H15FN2S/c1-18(14-5-3-2-4-6-14)10-11-7-12(15(17)19)9-13(16)8-11/h2-9H,10H2,1H3,(H2,17,19). The second kappa shape index (κ2) is 5.80. The molecule has 0 heterocycles. The van der Waals surface area contributed by atoms with Crippen molar-refractivity contribution < 1.29 is 4.39 Å². The van der Waals surface area contributed by atoms with Gasteiger partial charge in [0, 0.05) is 24.8 Å². The molecule has 0 fully saturated rings. The number of nitrogens with two attached hydrogens (primary N) is 1. The van der Waals surface area contributed by atoms with E-state index in [0.29, 0.717) is 12.1 Å². The quantitative estimate of drug-likeness (QED) is 0.869. The van der Waals surface area contributed by atoms with Crippen LogP contribution in [0, 0.1) is 5.82 Å². The van der Waals surface area contributed by atoms with Crippen molar-refractivity contribution in [3.05, 3.63) is 65.5 Å². The third kappa shape index (κ3) is 3.51. The van der Waals surface area contributed by atoms with E-state index in [-0.39, 0.29) is 10.8 Å². The summed E-state index contributed by atoms with van der Waals surface area (Å²) >= 11 is 4.89. The first-order valence-corrected chi connectivity index (χ1v) is 6.32. The van der Waals surface area contributed by atoms with Crippen LogP contribution in [0.2, 0.25) is 0 Å². The van der Waals surface area contributed by atoms with Gasteiger partial charge in [0.2, 0.25) is 0 Å². The van der Waals surface area contributed by atoms with E-state index in [1.807, 2.05) is 48.3 Å². The van der Waals surface area contributed by atoms with Crippen molar-refractivity contribution in [2.24, 2.45) is 5.73 Å². The molecule has 0 aliphatic carbocycles. The third-order valence-electron chi connectivity index (χ3n) is 2.86. The number of rotatable bonds is 4. The normalized spacial score (nSPS) is 10.2. The monoisotopic (exact) mass is 274 g/mol. The molecular weight excluding hydrogens is 259 g/mol. The lowest BCUT2D eigenvalue weighted by atomic mass is 10.1. The number of halogens is 1. The highest BCUT2D eigenvalue weighted by atomic mass is 32.1. The number of nitrogens with zero attached hydrogens (tertiary/aromatic N) is 1. The Kier molecular flexibility index (Phi) is 4.12. The maximum atomic E-state index is 13.5. The molecule has 2 rings (SSSR count). The summed E-state index contributed by atoms with van der Waals surface area (Å²) in [7, 11) is 1.96. The lowest BCUT2D eigenvalue weighted by molar-refractivity contribution is 0.624. The van der Waals surface area contributed by atoms with E-state index in [0.717, 1.165) is 11.3 Å². The number of hydrogen-bond donors (Lipinski definition) is 1. The molecule has 0 saturated heterocycles. The largest absolute Gasteiger partial charge is 0.389 e. The summed E-state index contributed by atoms with van der Waals surface area (Å²) < 4.78 is 13.5. The first-order chi connectivity index (χ1) is 9.06. The van der Waals surface area contributed by atoms with Crippen molar-refractivity contribution >= 4 is 22.9 Å². The number of thiocarbonyl (C=S) groups is 1. The van der Waals surface area contributed by atoms with Crippen LogP contribution in [0.5, 0.6) is 0 Å². The Labute approximate surface area is 117 Å². The average molecular weight is 274 g/mol. The molecule has 0 saturated carbocycles. The van der Waals surface area contributed by atoms with E-state index in [2.05, 4.69) is 0 Å². The second-order valence-corrected chi connectivity index (χ2v) is 4.84. The first kappa shape index (κ1) is 13.5. The minimum Gasteiger partial charge on any atom is -0.389 e. The van der Waals surface area contributed by atoms with Crippen LogP contribution in [-0.4, -0.2) is 12.0 Å². The van der Waals surface area contributed by atoms with Crippen LogP contribution < -0.4 is 10.6 Å². The Morgan fingerprint density at radius 3 is 2.53 bits per heavy atom. The number of para-hydroxylation sites is 1. The lowest BCUT2D eigenvalue weighted by Crippen LogP contribution is -2.17. The molecule has 2 aromatic carbocycles. The van der Waals surface area contributed by atoms with E-state index in [4.69, 9.17) is 18.0 Å². The van der Waals surface area contributed by atoms with Crippen molar-refractivity contribution in [3.8, 4) is 0 Å². The average Bonchev–Trinajstić information content (AvgIpc) is 2.39. The molecular formula is C15H15FN2S. The Balaban J connectivity index is 2.21. The minimum atomic E-state index is -0.318. The number of benzene rings is 2. The molecule has 0 amide bonds. The predicted octanol–water partition coefficient (Wildman–Crippen LogP) is 3.10. The van der Waals surface area contributed by atoms with Crippen molar-refractivity contribution in [2.75, 3.05) is 11.9 Å². The molecule has 2 nitrogen and oxygen atoms in total. The fraction of sp³-hybridized carbons (Fsp3) is 0.133. The van der Waals surface area contributed by atoms with Gasteiger partial charge in [0.25, 0.3) is 0 Å². The summed E-state index contributed by atoms with van der Waals surface area (Å²) in [6, 6.07) is 14.6. The molecule has 2 N–H and O–H groups in total. The van der Waals surface area contributed by atoms with Crippen LogP contribution in [-0.2, 0) is 6.54 Å². The molecule has 0 spiro atoms. The van der Waals surface area contributed by atoms with Gasteiger partial charge in [0.1, 0.15) is 10.8 Å². The van der Waals surface area contributed by atoms with Gasteiger partial charge in [-0.15, -0.1) is 0 Å². The van der Waals surface area contributed by atoms with Crippen molar-refractivity contribution in [1.82, 2.24) is 0 Å². The van der Waals surface area contributed by atoms with Gasteiger partial charge < -0.3 is 10.6 Å². The summed E-state index contributed by atoms with van der Waals surface area (Å²) in [5.41, 5.74) is 8.02. The van der Waals surface area contributed by atoms with Crippen molar-refractivity contribution in [1.29, 1.82) is 0 Å². The van der Waals surface area contributed by atoms with Crippen molar-refractivity contribution in [3.63, 3.8) is 0 Å². The molecule has 0 aliphatic rings. The van der Waals surface area contributed by atoms with Gasteiger partial charge in [0.05, 0.1) is 0 Å². The van der Waals surface area contributed by atoms with Gasteiger partial charge in [-0.05, 0) is 35.9 Å². The smallest absolute Gasteiger partial charge is 0.124 e. The zero-order valence-electron chi connectivity index (χ0n) is 10.6. The molecule has 0 unspecified atom stereocenters. The van der Waals surface area contributed by atoms with E-state index in [9.17, 15) is 4.39 Å². The highest BCUT2D eigenvalue weighted by Gasteiger charge is 2.06. The van der Waals surface area contributed by atoms with Crippen molar-refractivity contribution in [2.45, 2.75) is 6.54 Å². The van der Waals surface area contributed by atoms with Crippen LogP contribution in [0.3, 0.4) is 0 Å². The maximum absolute atomic E-state index is 13.5. The van der Waals surface area contributed by atoms with Crippen LogP contribution in [0.4, 0.5) is 10.1 Å². The topological polar surface area (TPSA) is 29.3 Å². The Morgan fingerprint density at radius 1 is 1.21 bits per heavy atom. The first-order valence-electron chi connectivity index (χ1n) is 5.92. The highest BCUT2D eigenvalue weighted by molar-refractivity contribution is 7.80. The van der Waals surface area contributed by atoms with Gasteiger partial charge in [-0.2, -0.15) is 0 Å². The highest BCUT2D eigenvalue weighted by Crippen LogP contribution is 2.16. The molecule has 0 aromatic heterocycles. The molecule has 19 heavy (non-hydrogen) atoms. The van der Waals surface area contributed by atoms with Crippen LogP contribution in [0.15, 0.2) is 48.5 Å². The number of anilines is 1. The van der Waals surface area contributed by atoms with Gasteiger partial charge in [-0.25, -0.2) is 4.39 Å². The van der Waals surface area contributed by atoms with Crippen LogP contribution >= 0.6 is 12.2 Å². The van der Waals surface area contributed by atoms with E-state index in [1.54, 1.807) is 0 Å². The van der Waals surface area contributed by atoms with E-state index < -0.39 is 0 Å². The Hall–Kier alpha value is -1.94. The lowest BCUT2D eigenvalue weighted by Gasteiger charge is -2.19. The molecule has 4 heteroatoms. The second-order valence-electron chi connectivity index (χ2n) is 4.40. The molecule has 2 aromatic rings. The molecule has 0 aliphatic heterocycles. The van der Waals surface area contributed by atoms with Gasteiger partial charge in [-0.3, -0.25) is 0 Å². The molecule has 0 radical (unpaired) electrons. The van der Waals surface area contributed by atoms with E-state index >= 15 is 0 Å². The van der Waals surface area contributed by atoms with Gasteiger partial charge >= 0.3 is 0 Å². The minimum absolute atomic E-state index is 0.211. The summed E-state index contributed by atoms with van der Waals surface area (Å²) in [4.78, 5) is 2.25. The zero-order chi connectivity index (χ0) is 13.8. The zero-order valence-corrected chi connectivity index (χ0v) is 11.5. The van der Waals surface area contributed by atoms with Gasteiger partial charge in [0.15, 0.2) is 0 Å². The predicted molar refractivity (Wildman–Crippen MR) is 80.8 cm³/mol. The fourth-order valence-electron chi connectivity index (χ4n) is 1.93. The molecule has 0 bridgehead atoms. The number of hydrogen-bond acceptors (Lipinski definition) is 2. The third-order valence-corrected chi connectivity index (χ3v) is 3.09. The Morgan fingerprint density at radius 2 is 1.89 bits per heavy atom. The molecule has 0 atom stereocenters. The summed E-state index contributed by atoms with van der Waals surface area (Å²) in [6.07, 6.45) is 0. The van der Waals surface area contributed by atoms with E-state index in [1.165, 1.54) is 12.1 Å². The maximum Gasteiger partial charge on any atom is 0.124 e. The summed E-state index contributed by atoms with van der Waals surface area (Å²) in [6.45, 7) is 0.595.